The van der Waals surface area contributed by atoms with Crippen LogP contribution < -0.4 is 26.5 Å². The number of ether oxygens (including phenoxy) is 1. The van der Waals surface area contributed by atoms with Gasteiger partial charge in [0.2, 0.25) is 0 Å². The number of hydrogen-bond acceptors (Lipinski definition) is 6. The number of fused-ring (bicyclic) bond motifs is 13. The van der Waals surface area contributed by atoms with Gasteiger partial charge in [0.1, 0.15) is 29.4 Å². The van der Waals surface area contributed by atoms with Gasteiger partial charge in [-0.15, -0.1) is 0 Å². The lowest BCUT2D eigenvalue weighted by atomic mass is 9.73. The van der Waals surface area contributed by atoms with Crippen LogP contribution in [0.5, 0.6) is 0 Å². The van der Waals surface area contributed by atoms with Crippen molar-refractivity contribution >= 4 is 24.3 Å². The summed E-state index contributed by atoms with van der Waals surface area (Å²) >= 11 is 0. The zero-order chi connectivity index (χ0) is 42.8. The van der Waals surface area contributed by atoms with Crippen molar-refractivity contribution in [3.63, 3.8) is 0 Å². The summed E-state index contributed by atoms with van der Waals surface area (Å²) in [6.45, 7) is 2.47. The highest BCUT2D eigenvalue weighted by Crippen LogP contribution is 2.57. The first-order valence-corrected chi connectivity index (χ1v) is 24.6. The zero-order valence-electron chi connectivity index (χ0n) is 37.1. The van der Waals surface area contributed by atoms with Crippen LogP contribution in [0.3, 0.4) is 0 Å². The summed E-state index contributed by atoms with van der Waals surface area (Å²) < 4.78 is 17.0. The summed E-state index contributed by atoms with van der Waals surface area (Å²) in [7, 11) is 0. The standard InChI is InChI=1S/C58H57N5O2/c1-34-32-44-39-21-9-13-25-47(39)63(53(44)55-51(34)43-23-11-15-27-50(43)65-55)48-31-28-37(33-45(48)58-60-56(35-16-4-2-5-17-35)59-57(61-58)36-18-6-3-7-19-36)62-46-24-12-8-20-38(46)41-29-30-42-40-22-10-14-26-49(40)64-54(42)52(41)62/h2-7,10-11,16-25,28-31,33-34,41,45,48,51-52,55-61H,8-9,12-15,26-27,32H2,1H3. The predicted molar refractivity (Wildman–Crippen MR) is 257 cm³/mol. The minimum atomic E-state index is -0.105. The average molecular weight is 856 g/mol. The third-order valence-electron chi connectivity index (χ3n) is 16.3. The highest BCUT2D eigenvalue weighted by Gasteiger charge is 2.51. The Morgan fingerprint density at radius 2 is 1.46 bits per heavy atom. The molecule has 0 radical (unpaired) electrons. The van der Waals surface area contributed by atoms with Crippen molar-refractivity contribution in [2.75, 3.05) is 0 Å². The topological polar surface area (TPSA) is 66.6 Å². The van der Waals surface area contributed by atoms with E-state index in [0.29, 0.717) is 11.8 Å². The molecule has 0 spiro atoms. The molecule has 2 aromatic heterocycles. The molecule has 3 N–H and O–H groups in total. The molecule has 2 saturated heterocycles. The van der Waals surface area contributed by atoms with Crippen LogP contribution in [-0.4, -0.2) is 15.6 Å². The van der Waals surface area contributed by atoms with E-state index < -0.39 is 0 Å². The van der Waals surface area contributed by atoms with Crippen LogP contribution in [0.15, 0.2) is 148 Å². The first kappa shape index (κ1) is 38.4. The molecule has 2 fully saturated rings. The number of likely N-dealkylation sites (tertiary alicyclic amines) is 1. The van der Waals surface area contributed by atoms with Gasteiger partial charge in [0.25, 0.3) is 0 Å². The minimum Gasteiger partial charge on any atom is -0.488 e. The number of benzene rings is 2. The quantitative estimate of drug-likeness (QED) is 0.186. The summed E-state index contributed by atoms with van der Waals surface area (Å²) in [5.74, 6) is 4.57. The SMILES string of the molecule is CC1Cc2c(n(C3C=CC(N4C5=CCCC=C5C5C=Cc6c(oc7c6C=CCC7)C54)=CC3C3NC(c4ccccc4)NC(c4ccccc4)N3)c3c2=CCCC=3)C2OC3=C(C=CCC3)C12. The second-order valence-electron chi connectivity index (χ2n) is 20.0. The third kappa shape index (κ3) is 5.91. The molecule has 9 atom stereocenters. The molecule has 5 heterocycles. The molecule has 4 aromatic rings. The van der Waals surface area contributed by atoms with Gasteiger partial charge in [-0.25, -0.2) is 0 Å². The van der Waals surface area contributed by atoms with E-state index in [4.69, 9.17) is 9.15 Å². The largest absolute Gasteiger partial charge is 0.488 e. The Hall–Kier alpha value is -5.86. The molecule has 9 unspecified atom stereocenters. The van der Waals surface area contributed by atoms with Crippen molar-refractivity contribution < 1.29 is 9.15 Å². The highest BCUT2D eigenvalue weighted by molar-refractivity contribution is 5.73. The van der Waals surface area contributed by atoms with Gasteiger partial charge in [0.05, 0.1) is 30.2 Å². The van der Waals surface area contributed by atoms with Crippen LogP contribution in [0, 0.1) is 23.7 Å². The Labute approximate surface area is 381 Å². The Morgan fingerprint density at radius 1 is 0.708 bits per heavy atom. The molecule has 0 amide bonds. The fraction of sp³-hybridized carbons (Fsp3) is 0.345. The molecule has 0 bridgehead atoms. The van der Waals surface area contributed by atoms with Crippen LogP contribution in [0.4, 0.5) is 0 Å². The van der Waals surface area contributed by atoms with Crippen molar-refractivity contribution in [1.82, 2.24) is 25.4 Å². The van der Waals surface area contributed by atoms with Gasteiger partial charge < -0.3 is 18.6 Å². The van der Waals surface area contributed by atoms with Crippen LogP contribution >= 0.6 is 0 Å². The summed E-state index contributed by atoms with van der Waals surface area (Å²) in [5, 5.41) is 15.2. The van der Waals surface area contributed by atoms with E-state index >= 15 is 0 Å². The molecule has 326 valence electrons. The van der Waals surface area contributed by atoms with Crippen molar-refractivity contribution in [2.24, 2.45) is 23.7 Å². The lowest BCUT2D eigenvalue weighted by Gasteiger charge is -2.46. The highest BCUT2D eigenvalue weighted by atomic mass is 16.5. The molecule has 10 aliphatic rings. The molecule has 0 saturated carbocycles. The molecule has 65 heavy (non-hydrogen) atoms. The van der Waals surface area contributed by atoms with Gasteiger partial charge in [-0.05, 0) is 90.0 Å². The summed E-state index contributed by atoms with van der Waals surface area (Å²) in [6, 6.07) is 21.9. The molecular formula is C58H57N5O2. The van der Waals surface area contributed by atoms with E-state index in [1.807, 2.05) is 0 Å². The molecule has 14 rings (SSSR count). The lowest BCUT2D eigenvalue weighted by Crippen LogP contribution is -2.62. The van der Waals surface area contributed by atoms with Gasteiger partial charge in [0, 0.05) is 58.5 Å². The Kier molecular flexibility index (Phi) is 8.92. The number of nitrogens with zero attached hydrogens (tertiary/aromatic N) is 2. The molecule has 2 aromatic carbocycles. The maximum Gasteiger partial charge on any atom is 0.146 e. The van der Waals surface area contributed by atoms with Gasteiger partial charge >= 0.3 is 0 Å². The second kappa shape index (κ2) is 15.1. The average Bonchev–Trinajstić information content (AvgIpc) is 4.13. The number of allylic oxidation sites excluding steroid dienone is 9. The van der Waals surface area contributed by atoms with E-state index in [2.05, 4.69) is 172 Å². The minimum absolute atomic E-state index is 0.00214. The Balaban J connectivity index is 0.954. The maximum absolute atomic E-state index is 7.25. The fourth-order valence-corrected chi connectivity index (χ4v) is 13.5. The molecule has 3 aliphatic heterocycles. The lowest BCUT2D eigenvalue weighted by molar-refractivity contribution is 0.0693. The molecule has 7 aliphatic carbocycles. The third-order valence-corrected chi connectivity index (χ3v) is 16.3. The van der Waals surface area contributed by atoms with Crippen molar-refractivity contribution in [1.29, 1.82) is 0 Å². The van der Waals surface area contributed by atoms with Crippen LogP contribution in [0.25, 0.3) is 24.3 Å². The first-order chi connectivity index (χ1) is 32.2. The monoisotopic (exact) mass is 855 g/mol. The van der Waals surface area contributed by atoms with Crippen molar-refractivity contribution in [2.45, 2.75) is 101 Å². The summed E-state index contributed by atoms with van der Waals surface area (Å²) in [6.07, 6.45) is 41.1. The van der Waals surface area contributed by atoms with E-state index in [1.165, 1.54) is 72.4 Å². The number of rotatable bonds is 5. The molecular weight excluding hydrogens is 799 g/mol. The number of aryl methyl sites for hydroxylation is 1. The summed E-state index contributed by atoms with van der Waals surface area (Å²) in [5.41, 5.74) is 13.4. The van der Waals surface area contributed by atoms with Crippen molar-refractivity contribution in [3.05, 3.63) is 199 Å². The Morgan fingerprint density at radius 3 is 2.29 bits per heavy atom. The normalized spacial score (nSPS) is 32.3. The van der Waals surface area contributed by atoms with Crippen LogP contribution in [-0.2, 0) is 17.6 Å². The summed E-state index contributed by atoms with van der Waals surface area (Å²) in [4.78, 5) is 2.67. The van der Waals surface area contributed by atoms with E-state index in [9.17, 15) is 0 Å². The maximum atomic E-state index is 7.25. The molecule has 7 heteroatoms. The van der Waals surface area contributed by atoms with Crippen LogP contribution in [0.1, 0.15) is 127 Å². The van der Waals surface area contributed by atoms with E-state index in [-0.39, 0.29) is 48.5 Å². The Bertz CT molecular complexity index is 2960. The number of furan rings is 1. The molecule has 7 nitrogen and oxygen atoms in total. The number of nitrogens with one attached hydrogen (secondary N) is 3. The first-order valence-electron chi connectivity index (χ1n) is 24.6. The van der Waals surface area contributed by atoms with Gasteiger partial charge in [-0.1, -0.05) is 140 Å². The van der Waals surface area contributed by atoms with Gasteiger partial charge in [-0.3, -0.25) is 16.0 Å². The zero-order valence-corrected chi connectivity index (χ0v) is 37.1. The van der Waals surface area contributed by atoms with Gasteiger partial charge in [-0.2, -0.15) is 0 Å². The van der Waals surface area contributed by atoms with Gasteiger partial charge in [0.15, 0.2) is 0 Å². The van der Waals surface area contributed by atoms with E-state index in [1.54, 1.807) is 0 Å². The smallest absolute Gasteiger partial charge is 0.146 e. The van der Waals surface area contributed by atoms with Crippen LogP contribution in [0.2, 0.25) is 0 Å². The number of hydrogen-bond donors (Lipinski definition) is 3. The van der Waals surface area contributed by atoms with Crippen molar-refractivity contribution in [3.8, 4) is 0 Å². The number of aromatic nitrogens is 1. The van der Waals surface area contributed by atoms with E-state index in [0.717, 1.165) is 69.3 Å². The second-order valence-corrected chi connectivity index (χ2v) is 20.0. The fourth-order valence-electron chi connectivity index (χ4n) is 13.5. The predicted octanol–water partition coefficient (Wildman–Crippen LogP) is 10.3.